The van der Waals surface area contributed by atoms with E-state index in [0.29, 0.717) is 5.56 Å². The van der Waals surface area contributed by atoms with Gasteiger partial charge in [0.25, 0.3) is 0 Å². The molecular weight excluding hydrogens is 340 g/mol. The van der Waals surface area contributed by atoms with Crippen molar-refractivity contribution in [2.24, 2.45) is 0 Å². The average Bonchev–Trinajstić information content (AvgIpc) is 2.78. The zero-order chi connectivity index (χ0) is 18.9. The molecule has 0 aliphatic carbocycles. The van der Waals surface area contributed by atoms with E-state index in [1.165, 1.54) is 32.7 Å². The zero-order valence-corrected chi connectivity index (χ0v) is 15.3. The molecule has 0 fully saturated rings. The summed E-state index contributed by atoms with van der Waals surface area (Å²) in [7, 11) is 0. The first-order chi connectivity index (χ1) is 13.8. The highest BCUT2D eigenvalue weighted by Crippen LogP contribution is 2.38. The first-order valence-electron chi connectivity index (χ1n) is 9.40. The standard InChI is InChI=1S/C27H18O/c28-18-19-10-12-20(13-11-19)22-14-15-24-16-23-8-4-5-9-25(23)27(26(24)17-22)21-6-2-1-3-7-21/h1-18H. The summed E-state index contributed by atoms with van der Waals surface area (Å²) in [4.78, 5) is 11.0. The predicted octanol–water partition coefficient (Wildman–Crippen LogP) is 7.14. The fourth-order valence-corrected chi connectivity index (χ4v) is 3.91. The zero-order valence-electron chi connectivity index (χ0n) is 15.3. The fourth-order valence-electron chi connectivity index (χ4n) is 3.91. The minimum Gasteiger partial charge on any atom is -0.298 e. The van der Waals surface area contributed by atoms with Crippen LogP contribution in [0.1, 0.15) is 10.4 Å². The summed E-state index contributed by atoms with van der Waals surface area (Å²) in [5.41, 5.74) is 5.44. The van der Waals surface area contributed by atoms with E-state index >= 15 is 0 Å². The second-order valence-electron chi connectivity index (χ2n) is 7.01. The van der Waals surface area contributed by atoms with Gasteiger partial charge >= 0.3 is 0 Å². The Morgan fingerprint density at radius 2 is 1.18 bits per heavy atom. The van der Waals surface area contributed by atoms with Crippen LogP contribution in [0.4, 0.5) is 0 Å². The molecule has 0 spiro atoms. The maximum absolute atomic E-state index is 11.0. The van der Waals surface area contributed by atoms with Gasteiger partial charge in [-0.05, 0) is 55.9 Å². The second-order valence-corrected chi connectivity index (χ2v) is 7.01. The molecule has 0 aliphatic heterocycles. The lowest BCUT2D eigenvalue weighted by atomic mass is 9.90. The minimum atomic E-state index is 0.695. The summed E-state index contributed by atoms with van der Waals surface area (Å²) < 4.78 is 0. The Morgan fingerprint density at radius 1 is 0.500 bits per heavy atom. The van der Waals surface area contributed by atoms with E-state index in [2.05, 4.69) is 78.9 Å². The lowest BCUT2D eigenvalue weighted by Crippen LogP contribution is -1.87. The Balaban J connectivity index is 1.82. The topological polar surface area (TPSA) is 17.1 Å². The van der Waals surface area contributed by atoms with Gasteiger partial charge in [0.05, 0.1) is 0 Å². The van der Waals surface area contributed by atoms with Crippen LogP contribution in [0.2, 0.25) is 0 Å². The van der Waals surface area contributed by atoms with Crippen molar-refractivity contribution in [3.05, 3.63) is 109 Å². The van der Waals surface area contributed by atoms with Crippen molar-refractivity contribution in [3.8, 4) is 22.3 Å². The molecule has 1 heteroatoms. The van der Waals surface area contributed by atoms with E-state index in [1.54, 1.807) is 0 Å². The van der Waals surface area contributed by atoms with E-state index in [-0.39, 0.29) is 0 Å². The molecule has 0 amide bonds. The van der Waals surface area contributed by atoms with Gasteiger partial charge in [-0.3, -0.25) is 4.79 Å². The third-order valence-electron chi connectivity index (χ3n) is 5.31. The van der Waals surface area contributed by atoms with E-state index in [1.807, 2.05) is 24.3 Å². The number of carbonyl (C=O) groups excluding carboxylic acids is 1. The van der Waals surface area contributed by atoms with Gasteiger partial charge in [-0.25, -0.2) is 0 Å². The summed E-state index contributed by atoms with van der Waals surface area (Å²) in [6.45, 7) is 0. The van der Waals surface area contributed by atoms with Gasteiger partial charge in [0.15, 0.2) is 0 Å². The van der Waals surface area contributed by atoms with Crippen LogP contribution in [-0.2, 0) is 0 Å². The van der Waals surface area contributed by atoms with Gasteiger partial charge in [-0.1, -0.05) is 91.0 Å². The summed E-state index contributed by atoms with van der Waals surface area (Å²) in [5, 5.41) is 4.97. The van der Waals surface area contributed by atoms with Crippen LogP contribution < -0.4 is 0 Å². The molecule has 0 radical (unpaired) electrons. The number of benzene rings is 5. The van der Waals surface area contributed by atoms with Gasteiger partial charge in [-0.2, -0.15) is 0 Å². The molecule has 0 aromatic heterocycles. The number of rotatable bonds is 3. The van der Waals surface area contributed by atoms with Crippen molar-refractivity contribution in [1.29, 1.82) is 0 Å². The molecule has 0 unspecified atom stereocenters. The average molecular weight is 358 g/mol. The van der Waals surface area contributed by atoms with Gasteiger partial charge in [0.1, 0.15) is 6.29 Å². The van der Waals surface area contributed by atoms with Crippen LogP contribution in [0.5, 0.6) is 0 Å². The minimum absolute atomic E-state index is 0.695. The fraction of sp³-hybridized carbons (Fsp3) is 0. The Hall–Kier alpha value is -3.71. The maximum atomic E-state index is 11.0. The maximum Gasteiger partial charge on any atom is 0.150 e. The van der Waals surface area contributed by atoms with Crippen LogP contribution in [0.15, 0.2) is 103 Å². The molecule has 5 rings (SSSR count). The highest BCUT2D eigenvalue weighted by Gasteiger charge is 2.11. The Labute approximate surface area is 163 Å². The van der Waals surface area contributed by atoms with Crippen LogP contribution in [-0.4, -0.2) is 6.29 Å². The number of hydrogen-bond acceptors (Lipinski definition) is 1. The Kier molecular flexibility index (Phi) is 3.99. The molecule has 0 saturated carbocycles. The first-order valence-corrected chi connectivity index (χ1v) is 9.40. The number of carbonyl (C=O) groups is 1. The van der Waals surface area contributed by atoms with E-state index in [9.17, 15) is 4.79 Å². The molecule has 0 aliphatic rings. The van der Waals surface area contributed by atoms with Crippen molar-refractivity contribution in [2.75, 3.05) is 0 Å². The molecule has 0 heterocycles. The smallest absolute Gasteiger partial charge is 0.150 e. The largest absolute Gasteiger partial charge is 0.298 e. The van der Waals surface area contributed by atoms with Crippen molar-refractivity contribution in [1.82, 2.24) is 0 Å². The van der Waals surface area contributed by atoms with Gasteiger partial charge in [-0.15, -0.1) is 0 Å². The molecule has 1 nitrogen and oxygen atoms in total. The SMILES string of the molecule is O=Cc1ccc(-c2ccc3cc4ccccc4c(-c4ccccc4)c3c2)cc1. The van der Waals surface area contributed by atoms with E-state index in [4.69, 9.17) is 0 Å². The van der Waals surface area contributed by atoms with E-state index < -0.39 is 0 Å². The summed E-state index contributed by atoms with van der Waals surface area (Å²) >= 11 is 0. The Morgan fingerprint density at radius 3 is 1.96 bits per heavy atom. The van der Waals surface area contributed by atoms with Gasteiger partial charge in [0, 0.05) is 5.56 Å². The van der Waals surface area contributed by atoms with Crippen LogP contribution in [0.3, 0.4) is 0 Å². The quantitative estimate of drug-likeness (QED) is 0.247. The number of hydrogen-bond donors (Lipinski definition) is 0. The summed E-state index contributed by atoms with van der Waals surface area (Å²) in [6, 6.07) is 35.8. The normalized spacial score (nSPS) is 11.0. The van der Waals surface area contributed by atoms with Crippen molar-refractivity contribution < 1.29 is 4.79 Å². The van der Waals surface area contributed by atoms with Crippen molar-refractivity contribution in [3.63, 3.8) is 0 Å². The molecule has 0 atom stereocenters. The van der Waals surface area contributed by atoms with Crippen molar-refractivity contribution in [2.45, 2.75) is 0 Å². The highest BCUT2D eigenvalue weighted by atomic mass is 16.1. The number of aldehydes is 1. The first kappa shape index (κ1) is 16.5. The number of fused-ring (bicyclic) bond motifs is 2. The molecule has 5 aromatic rings. The summed E-state index contributed by atoms with van der Waals surface area (Å²) in [6.07, 6.45) is 0.879. The molecule has 28 heavy (non-hydrogen) atoms. The third-order valence-corrected chi connectivity index (χ3v) is 5.31. The van der Waals surface area contributed by atoms with Crippen LogP contribution in [0.25, 0.3) is 43.8 Å². The van der Waals surface area contributed by atoms with E-state index in [0.717, 1.165) is 17.4 Å². The second kappa shape index (κ2) is 6.79. The Bertz CT molecular complexity index is 1300. The van der Waals surface area contributed by atoms with Crippen LogP contribution >= 0.6 is 0 Å². The molecular formula is C27H18O. The monoisotopic (exact) mass is 358 g/mol. The predicted molar refractivity (Wildman–Crippen MR) is 118 cm³/mol. The molecule has 0 saturated heterocycles. The molecule has 5 aromatic carbocycles. The molecule has 0 bridgehead atoms. The van der Waals surface area contributed by atoms with Gasteiger partial charge in [0.2, 0.25) is 0 Å². The lowest BCUT2D eigenvalue weighted by molar-refractivity contribution is 0.112. The third kappa shape index (κ3) is 2.78. The van der Waals surface area contributed by atoms with Gasteiger partial charge < -0.3 is 0 Å². The van der Waals surface area contributed by atoms with Crippen molar-refractivity contribution >= 4 is 27.8 Å². The van der Waals surface area contributed by atoms with Crippen LogP contribution in [0, 0.1) is 0 Å². The summed E-state index contributed by atoms with van der Waals surface area (Å²) in [5.74, 6) is 0. The molecule has 132 valence electrons. The molecule has 0 N–H and O–H groups in total. The lowest BCUT2D eigenvalue weighted by Gasteiger charge is -2.13. The highest BCUT2D eigenvalue weighted by molar-refractivity contribution is 6.13.